The highest BCUT2D eigenvalue weighted by Gasteiger charge is 2.24. The van der Waals surface area contributed by atoms with Gasteiger partial charge in [-0.2, -0.15) is 0 Å². The number of benzene rings is 2. The van der Waals surface area contributed by atoms with E-state index in [-0.39, 0.29) is 18.4 Å². The minimum absolute atomic E-state index is 0.101. The van der Waals surface area contributed by atoms with Gasteiger partial charge >= 0.3 is 5.97 Å². The zero-order valence-corrected chi connectivity index (χ0v) is 17.2. The first-order chi connectivity index (χ1) is 14.6. The molecule has 2 heterocycles. The molecule has 1 amide bonds. The predicted molar refractivity (Wildman–Crippen MR) is 118 cm³/mol. The second-order valence-corrected chi connectivity index (χ2v) is 7.52. The van der Waals surface area contributed by atoms with Gasteiger partial charge in [-0.05, 0) is 48.2 Å². The number of nitrogens with one attached hydrogen (secondary N) is 1. The summed E-state index contributed by atoms with van der Waals surface area (Å²) in [4.78, 5) is 29.2. The van der Waals surface area contributed by atoms with Crippen LogP contribution in [0.15, 0.2) is 64.6 Å². The lowest BCUT2D eigenvalue weighted by atomic mass is 10.1. The largest absolute Gasteiger partial charge is 0.497 e. The van der Waals surface area contributed by atoms with Crippen molar-refractivity contribution in [1.82, 2.24) is 9.88 Å². The van der Waals surface area contributed by atoms with E-state index in [1.54, 1.807) is 7.11 Å². The number of amidine groups is 1. The lowest BCUT2D eigenvalue weighted by Gasteiger charge is -2.02. The van der Waals surface area contributed by atoms with Crippen molar-refractivity contribution in [3.63, 3.8) is 0 Å². The van der Waals surface area contributed by atoms with E-state index in [4.69, 9.17) is 9.47 Å². The van der Waals surface area contributed by atoms with Crippen molar-refractivity contribution < 1.29 is 19.1 Å². The average Bonchev–Trinajstić information content (AvgIpc) is 3.28. The fourth-order valence-corrected chi connectivity index (χ4v) is 3.95. The zero-order chi connectivity index (χ0) is 21.1. The maximum Gasteiger partial charge on any atom is 0.325 e. The number of fused-ring (bicyclic) bond motifs is 1. The van der Waals surface area contributed by atoms with Crippen LogP contribution in [0.5, 0.6) is 5.75 Å². The second kappa shape index (κ2) is 8.46. The number of aromatic nitrogens is 1. The number of carbonyl (C=O) groups is 2. The summed E-state index contributed by atoms with van der Waals surface area (Å²) in [5.74, 6) is 0.194. The van der Waals surface area contributed by atoms with Crippen LogP contribution in [0, 0.1) is 0 Å². The molecule has 152 valence electrons. The molecule has 8 heteroatoms. The van der Waals surface area contributed by atoms with Crippen LogP contribution in [0.3, 0.4) is 0 Å². The molecule has 4 rings (SSSR count). The van der Waals surface area contributed by atoms with Crippen LogP contribution >= 0.6 is 11.8 Å². The number of esters is 1. The summed E-state index contributed by atoms with van der Waals surface area (Å²) in [7, 11) is 2.97. The normalized spacial score (nSPS) is 16.3. The third-order valence-corrected chi connectivity index (χ3v) is 5.50. The van der Waals surface area contributed by atoms with Crippen molar-refractivity contribution in [2.24, 2.45) is 4.99 Å². The van der Waals surface area contributed by atoms with Crippen molar-refractivity contribution in [2.45, 2.75) is 6.54 Å². The van der Waals surface area contributed by atoms with E-state index in [0.29, 0.717) is 10.1 Å². The fraction of sp³-hybridized carbons (Fsp3) is 0.136. The third-order valence-electron chi connectivity index (χ3n) is 4.59. The maximum atomic E-state index is 12.5. The van der Waals surface area contributed by atoms with Gasteiger partial charge in [-0.15, -0.1) is 0 Å². The minimum atomic E-state index is -0.336. The second-order valence-electron chi connectivity index (χ2n) is 6.49. The summed E-state index contributed by atoms with van der Waals surface area (Å²) < 4.78 is 11.7. The van der Waals surface area contributed by atoms with E-state index >= 15 is 0 Å². The molecule has 3 aromatic rings. The van der Waals surface area contributed by atoms with Gasteiger partial charge in [0.2, 0.25) is 0 Å². The molecular formula is C22H19N3O4S. The van der Waals surface area contributed by atoms with Crippen LogP contribution in [-0.2, 0) is 20.9 Å². The van der Waals surface area contributed by atoms with Gasteiger partial charge in [0.05, 0.1) is 24.8 Å². The number of carbonyl (C=O) groups excluding carboxylic acids is 2. The molecule has 0 bridgehead atoms. The number of hydrogen-bond acceptors (Lipinski definition) is 6. The summed E-state index contributed by atoms with van der Waals surface area (Å²) in [5.41, 5.74) is 2.46. The molecule has 0 aliphatic carbocycles. The van der Waals surface area contributed by atoms with Gasteiger partial charge in [-0.25, -0.2) is 4.99 Å². The first-order valence-corrected chi connectivity index (χ1v) is 9.97. The number of hydrogen-bond donors (Lipinski definition) is 1. The van der Waals surface area contributed by atoms with E-state index in [2.05, 4.69) is 10.3 Å². The quantitative estimate of drug-likeness (QED) is 0.502. The molecule has 1 aromatic heterocycles. The summed E-state index contributed by atoms with van der Waals surface area (Å²) in [6, 6.07) is 15.0. The molecule has 0 atom stereocenters. The van der Waals surface area contributed by atoms with Crippen molar-refractivity contribution >= 4 is 51.5 Å². The van der Waals surface area contributed by atoms with E-state index < -0.39 is 0 Å². The minimum Gasteiger partial charge on any atom is -0.497 e. The molecule has 7 nitrogen and oxygen atoms in total. The van der Waals surface area contributed by atoms with Gasteiger partial charge in [0.15, 0.2) is 5.17 Å². The SMILES string of the molecule is COC(=O)Cn1cc(C=C2SC(=Nc3ccc(OC)cc3)NC2=O)c2ccccc21. The molecule has 1 saturated heterocycles. The van der Waals surface area contributed by atoms with E-state index in [1.807, 2.05) is 65.4 Å². The van der Waals surface area contributed by atoms with Gasteiger partial charge in [-0.1, -0.05) is 18.2 Å². The topological polar surface area (TPSA) is 81.9 Å². The van der Waals surface area contributed by atoms with E-state index in [9.17, 15) is 9.59 Å². The Morgan fingerprint density at radius 2 is 1.93 bits per heavy atom. The van der Waals surface area contributed by atoms with Crippen molar-refractivity contribution in [2.75, 3.05) is 14.2 Å². The Bertz CT molecular complexity index is 1180. The highest BCUT2D eigenvalue weighted by molar-refractivity contribution is 8.18. The number of methoxy groups -OCH3 is 2. The predicted octanol–water partition coefficient (Wildman–Crippen LogP) is 3.71. The number of para-hydroxylation sites is 1. The molecule has 2 aromatic carbocycles. The van der Waals surface area contributed by atoms with Gasteiger partial charge in [0.25, 0.3) is 5.91 Å². The Kier molecular flexibility index (Phi) is 5.58. The maximum absolute atomic E-state index is 12.5. The van der Waals surface area contributed by atoms with Crippen LogP contribution < -0.4 is 10.1 Å². The third kappa shape index (κ3) is 4.08. The van der Waals surface area contributed by atoms with Gasteiger partial charge in [0, 0.05) is 22.7 Å². The summed E-state index contributed by atoms with van der Waals surface area (Å²) >= 11 is 1.27. The lowest BCUT2D eigenvalue weighted by molar-refractivity contribution is -0.141. The number of thioether (sulfide) groups is 1. The number of nitrogens with zero attached hydrogens (tertiary/aromatic N) is 2. The van der Waals surface area contributed by atoms with Crippen molar-refractivity contribution in [1.29, 1.82) is 0 Å². The number of rotatable bonds is 5. The van der Waals surface area contributed by atoms with Crippen molar-refractivity contribution in [3.05, 3.63) is 65.2 Å². The molecule has 1 aliphatic heterocycles. The summed E-state index contributed by atoms with van der Waals surface area (Å²) in [6.07, 6.45) is 3.66. The first kappa shape index (κ1) is 19.8. The van der Waals surface area contributed by atoms with Gasteiger partial charge < -0.3 is 19.4 Å². The lowest BCUT2D eigenvalue weighted by Crippen LogP contribution is -2.19. The van der Waals surface area contributed by atoms with E-state index in [0.717, 1.165) is 27.9 Å². The standard InChI is InChI=1S/C22H19N3O4S/c1-28-16-9-7-15(8-10-16)23-22-24-21(27)19(30-22)11-14-12-25(13-20(26)29-2)18-6-4-3-5-17(14)18/h3-12H,13H2,1-2H3,(H,23,24,27). The molecule has 0 spiro atoms. The Hall–Kier alpha value is -3.52. The number of ether oxygens (including phenoxy) is 2. The summed E-state index contributed by atoms with van der Waals surface area (Å²) in [6.45, 7) is 0.101. The Morgan fingerprint density at radius 3 is 2.67 bits per heavy atom. The highest BCUT2D eigenvalue weighted by atomic mass is 32.2. The first-order valence-electron chi connectivity index (χ1n) is 9.15. The van der Waals surface area contributed by atoms with Crippen LogP contribution in [-0.4, -0.2) is 35.8 Å². The monoisotopic (exact) mass is 421 g/mol. The van der Waals surface area contributed by atoms with Crippen LogP contribution in [0.1, 0.15) is 5.56 Å². The van der Waals surface area contributed by atoms with Crippen LogP contribution in [0.2, 0.25) is 0 Å². The van der Waals surface area contributed by atoms with Crippen LogP contribution in [0.4, 0.5) is 5.69 Å². The molecule has 30 heavy (non-hydrogen) atoms. The van der Waals surface area contributed by atoms with Gasteiger partial charge in [-0.3, -0.25) is 9.59 Å². The molecule has 1 fully saturated rings. The molecule has 1 N–H and O–H groups in total. The van der Waals surface area contributed by atoms with Crippen LogP contribution in [0.25, 0.3) is 17.0 Å². The molecule has 0 radical (unpaired) electrons. The Balaban J connectivity index is 1.63. The number of aliphatic imine (C=N–C) groups is 1. The number of amides is 1. The smallest absolute Gasteiger partial charge is 0.325 e. The van der Waals surface area contributed by atoms with Gasteiger partial charge in [0.1, 0.15) is 12.3 Å². The molecule has 0 saturated carbocycles. The Morgan fingerprint density at radius 1 is 1.17 bits per heavy atom. The van der Waals surface area contributed by atoms with E-state index in [1.165, 1.54) is 18.9 Å². The fourth-order valence-electron chi connectivity index (χ4n) is 3.12. The Labute approximate surface area is 177 Å². The molecule has 0 unspecified atom stereocenters. The van der Waals surface area contributed by atoms with Crippen molar-refractivity contribution in [3.8, 4) is 5.75 Å². The summed E-state index contributed by atoms with van der Waals surface area (Å²) in [5, 5.41) is 4.25. The molecular weight excluding hydrogens is 402 g/mol. The highest BCUT2D eigenvalue weighted by Crippen LogP contribution is 2.31. The average molecular weight is 421 g/mol. The molecule has 1 aliphatic rings. The zero-order valence-electron chi connectivity index (χ0n) is 16.4.